The van der Waals surface area contributed by atoms with Gasteiger partial charge in [-0.2, -0.15) is 0 Å². The second-order valence-corrected chi connectivity index (χ2v) is 8.02. The number of pyridine rings is 1. The van der Waals surface area contributed by atoms with Crippen molar-refractivity contribution in [2.24, 2.45) is 0 Å². The molecule has 0 atom stereocenters. The van der Waals surface area contributed by atoms with E-state index in [0.29, 0.717) is 0 Å². The van der Waals surface area contributed by atoms with E-state index in [9.17, 15) is 17.6 Å². The SMILES string of the molecule is COc1cc(S(=O)(=O)Nc2ccccc2F)cc(C(=O)NCc2cccnc2)c1OC. The van der Waals surface area contributed by atoms with Crippen LogP contribution in [0.2, 0.25) is 0 Å². The van der Waals surface area contributed by atoms with Gasteiger partial charge in [-0.05, 0) is 29.8 Å². The molecule has 10 heteroatoms. The van der Waals surface area contributed by atoms with Crippen LogP contribution in [0.3, 0.4) is 0 Å². The van der Waals surface area contributed by atoms with E-state index >= 15 is 0 Å². The summed E-state index contributed by atoms with van der Waals surface area (Å²) in [5, 5.41) is 2.69. The van der Waals surface area contributed by atoms with Gasteiger partial charge >= 0.3 is 0 Å². The fourth-order valence-corrected chi connectivity index (χ4v) is 3.90. The maximum absolute atomic E-state index is 13.9. The van der Waals surface area contributed by atoms with Crippen molar-refractivity contribution in [3.8, 4) is 11.5 Å². The summed E-state index contributed by atoms with van der Waals surface area (Å²) in [6, 6.07) is 11.2. The van der Waals surface area contributed by atoms with Gasteiger partial charge in [-0.1, -0.05) is 18.2 Å². The lowest BCUT2D eigenvalue weighted by molar-refractivity contribution is 0.0947. The Hall–Kier alpha value is -3.66. The average molecular weight is 445 g/mol. The van der Waals surface area contributed by atoms with Gasteiger partial charge in [0.15, 0.2) is 11.5 Å². The molecule has 2 aromatic carbocycles. The van der Waals surface area contributed by atoms with Gasteiger partial charge in [0.1, 0.15) is 5.82 Å². The van der Waals surface area contributed by atoms with Crippen LogP contribution >= 0.6 is 0 Å². The van der Waals surface area contributed by atoms with Gasteiger partial charge < -0.3 is 14.8 Å². The molecule has 0 aliphatic heterocycles. The van der Waals surface area contributed by atoms with Crippen molar-refractivity contribution in [1.82, 2.24) is 10.3 Å². The number of carbonyl (C=O) groups is 1. The third kappa shape index (κ3) is 5.10. The first-order chi connectivity index (χ1) is 14.9. The smallest absolute Gasteiger partial charge is 0.262 e. The van der Waals surface area contributed by atoms with Crippen LogP contribution in [-0.2, 0) is 16.6 Å². The lowest BCUT2D eigenvalue weighted by atomic mass is 10.1. The molecule has 3 rings (SSSR count). The zero-order valence-electron chi connectivity index (χ0n) is 16.8. The topological polar surface area (TPSA) is 107 Å². The predicted octanol–water partition coefficient (Wildman–Crippen LogP) is 2.97. The molecule has 31 heavy (non-hydrogen) atoms. The second kappa shape index (κ2) is 9.43. The highest BCUT2D eigenvalue weighted by atomic mass is 32.2. The molecule has 1 amide bonds. The monoisotopic (exact) mass is 445 g/mol. The maximum atomic E-state index is 13.9. The fourth-order valence-electron chi connectivity index (χ4n) is 2.79. The van der Waals surface area contributed by atoms with E-state index in [0.717, 1.165) is 17.7 Å². The number of methoxy groups -OCH3 is 2. The summed E-state index contributed by atoms with van der Waals surface area (Å²) in [6.45, 7) is 0.169. The Balaban J connectivity index is 1.96. The van der Waals surface area contributed by atoms with Crippen LogP contribution in [0.5, 0.6) is 11.5 Å². The van der Waals surface area contributed by atoms with Gasteiger partial charge in [0.2, 0.25) is 0 Å². The third-order valence-corrected chi connectivity index (χ3v) is 5.65. The van der Waals surface area contributed by atoms with Crippen molar-refractivity contribution in [3.05, 3.63) is 77.9 Å². The number of sulfonamides is 1. The average Bonchev–Trinajstić information content (AvgIpc) is 2.78. The molecule has 0 radical (unpaired) electrons. The summed E-state index contributed by atoms with van der Waals surface area (Å²) in [5.41, 5.74) is 0.478. The number of para-hydroxylation sites is 1. The van der Waals surface area contributed by atoms with E-state index in [1.165, 1.54) is 38.5 Å². The van der Waals surface area contributed by atoms with Gasteiger partial charge in [0.25, 0.3) is 15.9 Å². The van der Waals surface area contributed by atoms with Crippen LogP contribution in [0.1, 0.15) is 15.9 Å². The number of anilines is 1. The molecule has 0 saturated carbocycles. The Morgan fingerprint density at radius 2 is 1.87 bits per heavy atom. The Bertz CT molecular complexity index is 1190. The number of nitrogens with one attached hydrogen (secondary N) is 2. The molecule has 1 aromatic heterocycles. The number of amides is 1. The number of hydrogen-bond acceptors (Lipinski definition) is 6. The van der Waals surface area contributed by atoms with Crippen LogP contribution in [0.15, 0.2) is 65.8 Å². The highest BCUT2D eigenvalue weighted by Crippen LogP contribution is 2.35. The molecule has 0 unspecified atom stereocenters. The largest absolute Gasteiger partial charge is 0.493 e. The molecule has 0 fully saturated rings. The minimum atomic E-state index is -4.23. The molecule has 1 heterocycles. The first-order valence-electron chi connectivity index (χ1n) is 9.06. The van der Waals surface area contributed by atoms with E-state index < -0.39 is 21.7 Å². The number of benzene rings is 2. The molecule has 0 bridgehead atoms. The molecule has 2 N–H and O–H groups in total. The van der Waals surface area contributed by atoms with E-state index in [1.54, 1.807) is 24.5 Å². The minimum absolute atomic E-state index is 0.0328. The quantitative estimate of drug-likeness (QED) is 0.552. The summed E-state index contributed by atoms with van der Waals surface area (Å²) in [7, 11) is -1.58. The molecule has 0 aliphatic carbocycles. The number of rotatable bonds is 8. The van der Waals surface area contributed by atoms with Crippen LogP contribution < -0.4 is 19.5 Å². The molecule has 0 spiro atoms. The second-order valence-electron chi connectivity index (χ2n) is 6.34. The number of nitrogens with zero attached hydrogens (tertiary/aromatic N) is 1. The standard InChI is InChI=1S/C21H20FN3O5S/c1-29-19-11-15(31(27,28)25-18-8-4-3-7-17(18)22)10-16(20(19)30-2)21(26)24-13-14-6-5-9-23-12-14/h3-12,25H,13H2,1-2H3,(H,24,26). The number of hydrogen-bond donors (Lipinski definition) is 2. The summed E-state index contributed by atoms with van der Waals surface area (Å²) in [6.07, 6.45) is 3.20. The molecule has 8 nitrogen and oxygen atoms in total. The highest BCUT2D eigenvalue weighted by Gasteiger charge is 2.24. The van der Waals surface area contributed by atoms with Crippen molar-refractivity contribution >= 4 is 21.6 Å². The van der Waals surface area contributed by atoms with Gasteiger partial charge in [0.05, 0.1) is 30.4 Å². The van der Waals surface area contributed by atoms with Crippen LogP contribution in [0.4, 0.5) is 10.1 Å². The van der Waals surface area contributed by atoms with Crippen molar-refractivity contribution in [2.45, 2.75) is 11.4 Å². The lowest BCUT2D eigenvalue weighted by Gasteiger charge is -2.16. The van der Waals surface area contributed by atoms with E-state index in [4.69, 9.17) is 9.47 Å². The molecule has 0 saturated heterocycles. The summed E-state index contributed by atoms with van der Waals surface area (Å²) < 4.78 is 52.3. The lowest BCUT2D eigenvalue weighted by Crippen LogP contribution is -2.24. The van der Waals surface area contributed by atoms with Gasteiger partial charge in [-0.25, -0.2) is 12.8 Å². The maximum Gasteiger partial charge on any atom is 0.262 e. The van der Waals surface area contributed by atoms with Gasteiger partial charge in [-0.3, -0.25) is 14.5 Å². The van der Waals surface area contributed by atoms with Crippen LogP contribution in [0, 0.1) is 5.82 Å². The molecular weight excluding hydrogens is 425 g/mol. The van der Waals surface area contributed by atoms with E-state index in [1.807, 2.05) is 0 Å². The minimum Gasteiger partial charge on any atom is -0.493 e. The third-order valence-electron chi connectivity index (χ3n) is 4.30. The Morgan fingerprint density at radius 3 is 2.52 bits per heavy atom. The van der Waals surface area contributed by atoms with Crippen molar-refractivity contribution < 1.29 is 27.1 Å². The van der Waals surface area contributed by atoms with Crippen molar-refractivity contribution in [1.29, 1.82) is 0 Å². The Kier molecular flexibility index (Phi) is 6.71. The van der Waals surface area contributed by atoms with Crippen molar-refractivity contribution in [3.63, 3.8) is 0 Å². The number of ether oxygens (including phenoxy) is 2. The summed E-state index contributed by atoms with van der Waals surface area (Å²) in [5.74, 6) is -1.22. The molecule has 0 aliphatic rings. The zero-order valence-corrected chi connectivity index (χ0v) is 17.6. The van der Waals surface area contributed by atoms with Gasteiger partial charge in [-0.15, -0.1) is 0 Å². The molecule has 3 aromatic rings. The Morgan fingerprint density at radius 1 is 1.10 bits per heavy atom. The number of halogens is 1. The van der Waals surface area contributed by atoms with Crippen LogP contribution in [0.25, 0.3) is 0 Å². The first kappa shape index (κ1) is 22.0. The summed E-state index contributed by atoms with van der Waals surface area (Å²) >= 11 is 0. The van der Waals surface area contributed by atoms with Crippen molar-refractivity contribution in [2.75, 3.05) is 18.9 Å². The van der Waals surface area contributed by atoms with Crippen LogP contribution in [-0.4, -0.2) is 33.5 Å². The van der Waals surface area contributed by atoms with Gasteiger partial charge in [0, 0.05) is 25.0 Å². The number of carbonyl (C=O) groups excluding carboxylic acids is 1. The number of aromatic nitrogens is 1. The first-order valence-corrected chi connectivity index (χ1v) is 10.5. The van der Waals surface area contributed by atoms with E-state index in [2.05, 4.69) is 15.0 Å². The normalized spacial score (nSPS) is 10.9. The zero-order chi connectivity index (χ0) is 22.4. The molecule has 162 valence electrons. The summed E-state index contributed by atoms with van der Waals surface area (Å²) in [4.78, 5) is 16.5. The Labute approximate surface area is 179 Å². The fraction of sp³-hybridized carbons (Fsp3) is 0.143. The predicted molar refractivity (Wildman–Crippen MR) is 112 cm³/mol. The highest BCUT2D eigenvalue weighted by molar-refractivity contribution is 7.92. The molecular formula is C21H20FN3O5S. The van der Waals surface area contributed by atoms with E-state index in [-0.39, 0.29) is 34.2 Å².